The Bertz CT molecular complexity index is 456. The van der Waals surface area contributed by atoms with E-state index in [2.05, 4.69) is 21.6 Å². The van der Waals surface area contributed by atoms with Crippen LogP contribution in [-0.2, 0) is 4.74 Å². The van der Waals surface area contributed by atoms with Crippen molar-refractivity contribution in [1.82, 2.24) is 14.7 Å². The van der Waals surface area contributed by atoms with E-state index in [0.717, 1.165) is 32.0 Å². The Morgan fingerprint density at radius 2 is 1.60 bits per heavy atom. The molecule has 0 bridgehead atoms. The average molecular weight is 350 g/mol. The molecule has 3 heterocycles. The molecule has 0 N–H and O–H groups in total. The second-order valence-electron chi connectivity index (χ2n) is 8.53. The lowest BCUT2D eigenvalue weighted by Crippen LogP contribution is -2.59. The number of likely N-dealkylation sites (tertiary alicyclic amines) is 2. The number of cyclic esters (lactones) is 1. The zero-order valence-electron chi connectivity index (χ0n) is 15.9. The number of amides is 1. The summed E-state index contributed by atoms with van der Waals surface area (Å²) < 4.78 is 5.55. The zero-order valence-corrected chi connectivity index (χ0v) is 15.9. The van der Waals surface area contributed by atoms with Crippen LogP contribution >= 0.6 is 0 Å². The van der Waals surface area contributed by atoms with Gasteiger partial charge in [0.1, 0.15) is 0 Å². The molecule has 1 saturated carbocycles. The highest BCUT2D eigenvalue weighted by molar-refractivity contribution is 5.69. The number of carbonyl (C=O) groups is 1. The summed E-state index contributed by atoms with van der Waals surface area (Å²) in [4.78, 5) is 19.9. The van der Waals surface area contributed by atoms with Crippen molar-refractivity contribution in [3.63, 3.8) is 0 Å². The van der Waals surface area contributed by atoms with Gasteiger partial charge in [-0.3, -0.25) is 0 Å². The third-order valence-corrected chi connectivity index (χ3v) is 7.27. The maximum Gasteiger partial charge on any atom is 0.410 e. The Morgan fingerprint density at radius 1 is 0.920 bits per heavy atom. The molecule has 3 saturated heterocycles. The van der Waals surface area contributed by atoms with Crippen LogP contribution in [0.3, 0.4) is 0 Å². The van der Waals surface area contributed by atoms with Crippen molar-refractivity contribution in [2.24, 2.45) is 5.92 Å². The highest BCUT2D eigenvalue weighted by atomic mass is 16.6. The van der Waals surface area contributed by atoms with E-state index in [1.807, 2.05) is 0 Å². The molecule has 3 aliphatic heterocycles. The van der Waals surface area contributed by atoms with Gasteiger partial charge in [0.2, 0.25) is 0 Å². The van der Waals surface area contributed by atoms with Crippen LogP contribution in [0.25, 0.3) is 0 Å². The van der Waals surface area contributed by atoms with Gasteiger partial charge in [-0.05, 0) is 58.2 Å². The third-order valence-electron chi connectivity index (χ3n) is 7.27. The number of piperidine rings is 2. The number of carbonyl (C=O) groups excluding carboxylic acids is 1. The summed E-state index contributed by atoms with van der Waals surface area (Å²) in [5, 5.41) is 0. The summed E-state index contributed by atoms with van der Waals surface area (Å²) in [6, 6.07) is 1.63. The summed E-state index contributed by atoms with van der Waals surface area (Å²) in [6.07, 6.45) is 9.88. The van der Waals surface area contributed by atoms with Gasteiger partial charge in [0.05, 0.1) is 6.61 Å². The number of ether oxygens (including phenoxy) is 1. The van der Waals surface area contributed by atoms with Crippen LogP contribution in [0.4, 0.5) is 4.79 Å². The number of hydrogen-bond donors (Lipinski definition) is 0. The molecule has 4 aliphatic rings. The second-order valence-corrected chi connectivity index (χ2v) is 8.53. The smallest absolute Gasteiger partial charge is 0.410 e. The molecular formula is C20H35N3O2. The number of nitrogens with zero attached hydrogens (tertiary/aromatic N) is 3. The van der Waals surface area contributed by atoms with E-state index in [4.69, 9.17) is 4.74 Å². The first-order valence-electron chi connectivity index (χ1n) is 10.7. The molecule has 4 rings (SSSR count). The van der Waals surface area contributed by atoms with E-state index in [-0.39, 0.29) is 6.09 Å². The molecule has 142 valence electrons. The van der Waals surface area contributed by atoms with Gasteiger partial charge in [-0.25, -0.2) is 4.79 Å². The molecule has 5 heteroatoms. The van der Waals surface area contributed by atoms with E-state index < -0.39 is 0 Å². The maximum atomic E-state index is 12.5. The minimum Gasteiger partial charge on any atom is -0.449 e. The normalized spacial score (nSPS) is 34.0. The first-order valence-corrected chi connectivity index (χ1v) is 10.7. The molecular weight excluding hydrogens is 314 g/mol. The second kappa shape index (κ2) is 7.83. The Kier molecular flexibility index (Phi) is 5.51. The van der Waals surface area contributed by atoms with E-state index >= 15 is 0 Å². The summed E-state index contributed by atoms with van der Waals surface area (Å²) in [5.41, 5.74) is 0. The van der Waals surface area contributed by atoms with Crippen LogP contribution in [0.1, 0.15) is 58.3 Å². The lowest BCUT2D eigenvalue weighted by molar-refractivity contribution is -0.0409. The molecule has 5 nitrogen and oxygen atoms in total. The lowest BCUT2D eigenvalue weighted by Gasteiger charge is -2.49. The molecule has 1 amide bonds. The van der Waals surface area contributed by atoms with Crippen molar-refractivity contribution in [1.29, 1.82) is 0 Å². The first kappa shape index (κ1) is 17.6. The van der Waals surface area contributed by atoms with Gasteiger partial charge in [-0.2, -0.15) is 0 Å². The predicted octanol–water partition coefficient (Wildman–Crippen LogP) is 2.95. The minimum absolute atomic E-state index is 0.0298. The number of fused-ring (bicyclic) bond motifs is 1. The molecule has 25 heavy (non-hydrogen) atoms. The summed E-state index contributed by atoms with van der Waals surface area (Å²) >= 11 is 0. The molecule has 0 spiro atoms. The monoisotopic (exact) mass is 349 g/mol. The number of hydrogen-bond acceptors (Lipinski definition) is 4. The van der Waals surface area contributed by atoms with Crippen LogP contribution in [-0.4, -0.2) is 78.2 Å². The molecule has 1 aliphatic carbocycles. The summed E-state index contributed by atoms with van der Waals surface area (Å²) in [7, 11) is 0. The zero-order chi connectivity index (χ0) is 17.2. The van der Waals surface area contributed by atoms with Crippen LogP contribution < -0.4 is 0 Å². The maximum absolute atomic E-state index is 12.5. The Morgan fingerprint density at radius 3 is 2.32 bits per heavy atom. The van der Waals surface area contributed by atoms with Gasteiger partial charge in [-0.15, -0.1) is 0 Å². The van der Waals surface area contributed by atoms with Crippen molar-refractivity contribution in [2.45, 2.75) is 76.4 Å². The minimum atomic E-state index is -0.0298. The molecule has 0 radical (unpaired) electrons. The van der Waals surface area contributed by atoms with Gasteiger partial charge in [0.15, 0.2) is 0 Å². The van der Waals surface area contributed by atoms with Crippen LogP contribution in [0.15, 0.2) is 0 Å². The van der Waals surface area contributed by atoms with Crippen LogP contribution in [0, 0.1) is 5.92 Å². The standard InChI is InChI=1S/C20H35N3O2/c1-2-21-11-7-17(8-12-21)22-13-9-18(10-14-22)23-19-6-4-3-5-16(19)15-25-20(23)24/h16-19H,2-15H2,1H3/t16-,19+/m1/s1. The van der Waals surface area contributed by atoms with Crippen molar-refractivity contribution in [3.8, 4) is 0 Å². The van der Waals surface area contributed by atoms with E-state index in [1.54, 1.807) is 0 Å². The highest BCUT2D eigenvalue weighted by Gasteiger charge is 2.43. The van der Waals surface area contributed by atoms with E-state index in [9.17, 15) is 4.79 Å². The largest absolute Gasteiger partial charge is 0.449 e. The molecule has 0 aromatic rings. The first-order chi connectivity index (χ1) is 12.3. The van der Waals surface area contributed by atoms with Crippen molar-refractivity contribution >= 4 is 6.09 Å². The van der Waals surface area contributed by atoms with Gasteiger partial charge >= 0.3 is 6.09 Å². The fourth-order valence-electron chi connectivity index (χ4n) is 5.69. The fraction of sp³-hybridized carbons (Fsp3) is 0.950. The lowest BCUT2D eigenvalue weighted by atomic mass is 9.82. The van der Waals surface area contributed by atoms with E-state index in [0.29, 0.717) is 24.6 Å². The molecule has 4 fully saturated rings. The predicted molar refractivity (Wildman–Crippen MR) is 98.7 cm³/mol. The highest BCUT2D eigenvalue weighted by Crippen LogP contribution is 2.36. The van der Waals surface area contributed by atoms with Gasteiger partial charge in [0, 0.05) is 37.1 Å². The Labute approximate surface area is 152 Å². The topological polar surface area (TPSA) is 36.0 Å². The summed E-state index contributed by atoms with van der Waals surface area (Å²) in [5.74, 6) is 0.586. The molecule has 0 unspecified atom stereocenters. The van der Waals surface area contributed by atoms with Gasteiger partial charge in [-0.1, -0.05) is 19.8 Å². The van der Waals surface area contributed by atoms with Crippen molar-refractivity contribution in [2.75, 3.05) is 39.3 Å². The van der Waals surface area contributed by atoms with Crippen LogP contribution in [0.2, 0.25) is 0 Å². The number of rotatable bonds is 3. The van der Waals surface area contributed by atoms with Crippen molar-refractivity contribution in [3.05, 3.63) is 0 Å². The van der Waals surface area contributed by atoms with Crippen molar-refractivity contribution < 1.29 is 9.53 Å². The van der Waals surface area contributed by atoms with Gasteiger partial charge in [0.25, 0.3) is 0 Å². The quantitative estimate of drug-likeness (QED) is 0.785. The average Bonchev–Trinajstić information content (AvgIpc) is 2.68. The molecule has 0 aromatic heterocycles. The SMILES string of the molecule is CCN1CCC(N2CCC(N3C(=O)OC[C@H]4CCCC[C@@H]43)CC2)CC1. The van der Waals surface area contributed by atoms with E-state index in [1.165, 1.54) is 58.2 Å². The molecule has 0 aromatic carbocycles. The third kappa shape index (κ3) is 3.68. The molecule has 2 atom stereocenters. The summed E-state index contributed by atoms with van der Waals surface area (Å²) in [6.45, 7) is 8.93. The fourth-order valence-corrected chi connectivity index (χ4v) is 5.69. The Balaban J connectivity index is 1.32. The van der Waals surface area contributed by atoms with Crippen LogP contribution in [0.5, 0.6) is 0 Å². The Hall–Kier alpha value is -0.810. The van der Waals surface area contributed by atoms with Gasteiger partial charge < -0.3 is 19.4 Å².